The van der Waals surface area contributed by atoms with E-state index in [9.17, 15) is 0 Å². The molecule has 76 valence electrons. The van der Waals surface area contributed by atoms with E-state index < -0.39 is 0 Å². The van der Waals surface area contributed by atoms with Crippen LogP contribution in [0.2, 0.25) is 0 Å². The van der Waals surface area contributed by atoms with Crippen LogP contribution in [0.1, 0.15) is 52.9 Å². The highest BCUT2D eigenvalue weighted by Gasteiger charge is 2.47. The maximum atomic E-state index is 2.77. The third kappa shape index (κ3) is 1.52. The van der Waals surface area contributed by atoms with E-state index in [0.717, 1.165) is 12.0 Å². The first-order chi connectivity index (χ1) is 6.14. The van der Waals surface area contributed by atoms with Gasteiger partial charge in [-0.05, 0) is 52.0 Å². The maximum Gasteiger partial charge on any atom is 0.0217 e. The normalized spacial score (nSPS) is 41.1. The Balaban J connectivity index is 2.05. The van der Waals surface area contributed by atoms with Crippen LogP contribution in [0.25, 0.3) is 0 Å². The molecule has 2 aliphatic rings. The van der Waals surface area contributed by atoms with Crippen LogP contribution in [-0.2, 0) is 0 Å². The molecule has 1 heterocycles. The Kier molecular flexibility index (Phi) is 2.39. The van der Waals surface area contributed by atoms with E-state index in [-0.39, 0.29) is 0 Å². The lowest BCUT2D eigenvalue weighted by Gasteiger charge is -2.58. The molecule has 1 aliphatic carbocycles. The fourth-order valence-corrected chi connectivity index (χ4v) is 3.60. The molecule has 13 heavy (non-hydrogen) atoms. The van der Waals surface area contributed by atoms with Gasteiger partial charge in [-0.15, -0.1) is 0 Å². The van der Waals surface area contributed by atoms with Crippen molar-refractivity contribution in [1.29, 1.82) is 0 Å². The quantitative estimate of drug-likeness (QED) is 0.601. The van der Waals surface area contributed by atoms with Crippen molar-refractivity contribution in [1.82, 2.24) is 4.90 Å². The summed E-state index contributed by atoms with van der Waals surface area (Å²) in [6.45, 7) is 8.47. The molecule has 2 fully saturated rings. The Hall–Kier alpha value is -0.0400. The summed E-state index contributed by atoms with van der Waals surface area (Å²) in [6, 6.07) is 0.757. The van der Waals surface area contributed by atoms with Gasteiger partial charge in [-0.3, -0.25) is 4.90 Å². The van der Waals surface area contributed by atoms with E-state index >= 15 is 0 Å². The molecule has 0 amide bonds. The molecule has 0 bridgehead atoms. The van der Waals surface area contributed by atoms with Crippen LogP contribution in [0.15, 0.2) is 0 Å². The standard InChI is InChI=1S/C12H23N/c1-10(2)13-7-5-4-6-12(13)8-11(3)9-12/h10-11H,4-9H2,1-3H3. The molecule has 1 saturated carbocycles. The van der Waals surface area contributed by atoms with Crippen molar-refractivity contribution in [3.63, 3.8) is 0 Å². The van der Waals surface area contributed by atoms with Crippen LogP contribution >= 0.6 is 0 Å². The van der Waals surface area contributed by atoms with Crippen molar-refractivity contribution in [3.8, 4) is 0 Å². The molecular weight excluding hydrogens is 158 g/mol. The summed E-state index contributed by atoms with van der Waals surface area (Å²) in [7, 11) is 0. The maximum absolute atomic E-state index is 2.77. The van der Waals surface area contributed by atoms with Crippen LogP contribution < -0.4 is 0 Å². The van der Waals surface area contributed by atoms with E-state index in [4.69, 9.17) is 0 Å². The molecule has 0 radical (unpaired) electrons. The van der Waals surface area contributed by atoms with Crippen molar-refractivity contribution >= 4 is 0 Å². The molecule has 1 spiro atoms. The Labute approximate surface area is 82.5 Å². The molecule has 1 aliphatic heterocycles. The number of nitrogens with zero attached hydrogens (tertiary/aromatic N) is 1. The average Bonchev–Trinajstić information content (AvgIpc) is 2.02. The van der Waals surface area contributed by atoms with Crippen molar-refractivity contribution < 1.29 is 0 Å². The van der Waals surface area contributed by atoms with Crippen LogP contribution in [0.3, 0.4) is 0 Å². The summed E-state index contributed by atoms with van der Waals surface area (Å²) in [6.07, 6.45) is 7.29. The minimum absolute atomic E-state index is 0.645. The fourth-order valence-electron chi connectivity index (χ4n) is 3.60. The molecule has 1 heteroatoms. The van der Waals surface area contributed by atoms with E-state index in [1.165, 1.54) is 38.6 Å². The molecule has 1 saturated heterocycles. The Morgan fingerprint density at radius 3 is 2.46 bits per heavy atom. The van der Waals surface area contributed by atoms with Gasteiger partial charge >= 0.3 is 0 Å². The molecule has 0 unspecified atom stereocenters. The van der Waals surface area contributed by atoms with Crippen molar-refractivity contribution in [2.24, 2.45) is 5.92 Å². The summed E-state index contributed by atoms with van der Waals surface area (Å²) in [5.74, 6) is 0.986. The van der Waals surface area contributed by atoms with Gasteiger partial charge in [-0.1, -0.05) is 13.3 Å². The molecule has 0 aromatic rings. The summed E-state index contributed by atoms with van der Waals surface area (Å²) in [5, 5.41) is 0. The SMILES string of the molecule is CC1CC2(CCCCN2C(C)C)C1. The van der Waals surface area contributed by atoms with Crippen molar-refractivity contribution in [3.05, 3.63) is 0 Å². The monoisotopic (exact) mass is 181 g/mol. The number of hydrogen-bond acceptors (Lipinski definition) is 1. The summed E-state index contributed by atoms with van der Waals surface area (Å²) >= 11 is 0. The molecule has 0 aromatic heterocycles. The summed E-state index contributed by atoms with van der Waals surface area (Å²) in [4.78, 5) is 2.77. The molecule has 0 N–H and O–H groups in total. The molecule has 0 atom stereocenters. The topological polar surface area (TPSA) is 3.24 Å². The van der Waals surface area contributed by atoms with Crippen LogP contribution in [-0.4, -0.2) is 23.0 Å². The van der Waals surface area contributed by atoms with E-state index in [0.29, 0.717) is 5.54 Å². The number of likely N-dealkylation sites (tertiary alicyclic amines) is 1. The molecule has 2 rings (SSSR count). The summed E-state index contributed by atoms with van der Waals surface area (Å²) < 4.78 is 0. The molecule has 0 aromatic carbocycles. The Bertz CT molecular complexity index is 174. The first-order valence-electron chi connectivity index (χ1n) is 5.91. The minimum atomic E-state index is 0.645. The zero-order valence-corrected chi connectivity index (χ0v) is 9.34. The predicted molar refractivity (Wildman–Crippen MR) is 56.8 cm³/mol. The lowest BCUT2D eigenvalue weighted by atomic mass is 9.64. The van der Waals surface area contributed by atoms with Gasteiger partial charge in [0.05, 0.1) is 0 Å². The number of hydrogen-bond donors (Lipinski definition) is 0. The Morgan fingerprint density at radius 2 is 1.92 bits per heavy atom. The first-order valence-corrected chi connectivity index (χ1v) is 5.91. The highest BCUT2D eigenvalue weighted by atomic mass is 15.2. The predicted octanol–water partition coefficient (Wildman–Crippen LogP) is 3.05. The lowest BCUT2D eigenvalue weighted by Crippen LogP contribution is -2.61. The molecule has 1 nitrogen and oxygen atoms in total. The second-order valence-electron chi connectivity index (χ2n) is 5.48. The van der Waals surface area contributed by atoms with Gasteiger partial charge in [-0.2, -0.15) is 0 Å². The molecular formula is C12H23N. The second kappa shape index (κ2) is 3.27. The van der Waals surface area contributed by atoms with Gasteiger partial charge < -0.3 is 0 Å². The zero-order valence-electron chi connectivity index (χ0n) is 9.34. The van der Waals surface area contributed by atoms with Crippen LogP contribution in [0, 0.1) is 5.92 Å². The second-order valence-corrected chi connectivity index (χ2v) is 5.48. The van der Waals surface area contributed by atoms with Gasteiger partial charge in [-0.25, -0.2) is 0 Å². The lowest BCUT2D eigenvalue weighted by molar-refractivity contribution is -0.0657. The third-order valence-electron chi connectivity index (χ3n) is 3.98. The fraction of sp³-hybridized carbons (Fsp3) is 1.00. The zero-order chi connectivity index (χ0) is 9.47. The van der Waals surface area contributed by atoms with Gasteiger partial charge in [0.25, 0.3) is 0 Å². The highest BCUT2D eigenvalue weighted by molar-refractivity contribution is 5.03. The van der Waals surface area contributed by atoms with Gasteiger partial charge in [0.2, 0.25) is 0 Å². The largest absolute Gasteiger partial charge is 0.295 e. The van der Waals surface area contributed by atoms with E-state index in [1.807, 2.05) is 0 Å². The van der Waals surface area contributed by atoms with Gasteiger partial charge in [0.15, 0.2) is 0 Å². The van der Waals surface area contributed by atoms with Crippen LogP contribution in [0.5, 0.6) is 0 Å². The van der Waals surface area contributed by atoms with E-state index in [1.54, 1.807) is 0 Å². The van der Waals surface area contributed by atoms with Gasteiger partial charge in [0, 0.05) is 11.6 Å². The average molecular weight is 181 g/mol. The smallest absolute Gasteiger partial charge is 0.0217 e. The number of rotatable bonds is 1. The van der Waals surface area contributed by atoms with Gasteiger partial charge in [0.1, 0.15) is 0 Å². The summed E-state index contributed by atoms with van der Waals surface area (Å²) in [5.41, 5.74) is 0.645. The third-order valence-corrected chi connectivity index (χ3v) is 3.98. The van der Waals surface area contributed by atoms with Crippen molar-refractivity contribution in [2.75, 3.05) is 6.54 Å². The highest BCUT2D eigenvalue weighted by Crippen LogP contribution is 2.48. The Morgan fingerprint density at radius 1 is 1.23 bits per heavy atom. The first kappa shape index (κ1) is 9.51. The van der Waals surface area contributed by atoms with E-state index in [2.05, 4.69) is 25.7 Å². The van der Waals surface area contributed by atoms with Crippen LogP contribution in [0.4, 0.5) is 0 Å². The number of piperidine rings is 1. The van der Waals surface area contributed by atoms with Crippen molar-refractivity contribution in [2.45, 2.75) is 64.5 Å². The minimum Gasteiger partial charge on any atom is -0.295 e.